The van der Waals surface area contributed by atoms with Crippen molar-refractivity contribution in [3.8, 4) is 0 Å². The zero-order valence-corrected chi connectivity index (χ0v) is 11.0. The van der Waals surface area contributed by atoms with Crippen molar-refractivity contribution in [2.45, 2.75) is 6.04 Å². The van der Waals surface area contributed by atoms with Crippen molar-refractivity contribution in [3.63, 3.8) is 0 Å². The fourth-order valence-corrected chi connectivity index (χ4v) is 2.05. The van der Waals surface area contributed by atoms with E-state index >= 15 is 0 Å². The second-order valence-electron chi connectivity index (χ2n) is 4.60. The summed E-state index contributed by atoms with van der Waals surface area (Å²) in [6.45, 7) is 0.168. The van der Waals surface area contributed by atoms with Gasteiger partial charge in [0.2, 0.25) is 0 Å². The molecule has 0 amide bonds. The molecule has 2 rings (SSSR count). The van der Waals surface area contributed by atoms with Gasteiger partial charge in [-0.2, -0.15) is 0 Å². The lowest BCUT2D eigenvalue weighted by Crippen LogP contribution is -2.30. The Labute approximate surface area is 115 Å². The minimum Gasteiger partial charge on any atom is -0.370 e. The summed E-state index contributed by atoms with van der Waals surface area (Å²) in [6, 6.07) is 8.59. The number of likely N-dealkylation sites (N-methyl/N-ethyl adjacent to an activating group) is 1. The molecule has 0 aliphatic carbocycles. The Morgan fingerprint density at radius 3 is 2.45 bits per heavy atom. The average molecular weight is 280 g/mol. The van der Waals surface area contributed by atoms with Gasteiger partial charge in [-0.1, -0.05) is 12.1 Å². The highest BCUT2D eigenvalue weighted by atomic mass is 19.1. The van der Waals surface area contributed by atoms with E-state index < -0.39 is 17.7 Å². The third-order valence-corrected chi connectivity index (χ3v) is 3.09. The number of benzene rings is 2. The van der Waals surface area contributed by atoms with Crippen LogP contribution in [0.3, 0.4) is 0 Å². The number of hydrogen-bond donors (Lipinski definition) is 1. The molecule has 106 valence electrons. The third-order valence-electron chi connectivity index (χ3n) is 3.09. The fraction of sp³-hybridized carbons (Fsp3) is 0.200. The normalized spacial score (nSPS) is 12.2. The number of nitrogens with two attached hydrogens (primary N) is 1. The number of halogens is 3. The van der Waals surface area contributed by atoms with Gasteiger partial charge in [-0.3, -0.25) is 0 Å². The summed E-state index contributed by atoms with van der Waals surface area (Å²) in [4.78, 5) is 1.57. The fourth-order valence-electron chi connectivity index (χ4n) is 2.05. The second kappa shape index (κ2) is 5.96. The molecule has 1 unspecified atom stereocenters. The minimum absolute atomic E-state index is 0.0770. The van der Waals surface area contributed by atoms with E-state index in [-0.39, 0.29) is 17.9 Å². The van der Waals surface area contributed by atoms with Crippen LogP contribution in [0.1, 0.15) is 11.6 Å². The lowest BCUT2D eigenvalue weighted by Gasteiger charge is -2.24. The Morgan fingerprint density at radius 1 is 1.05 bits per heavy atom. The van der Waals surface area contributed by atoms with Gasteiger partial charge in [0, 0.05) is 19.2 Å². The first-order chi connectivity index (χ1) is 9.49. The van der Waals surface area contributed by atoms with Crippen LogP contribution in [0.4, 0.5) is 18.9 Å². The Morgan fingerprint density at radius 2 is 1.75 bits per heavy atom. The van der Waals surface area contributed by atoms with E-state index in [2.05, 4.69) is 0 Å². The molecule has 5 heteroatoms. The van der Waals surface area contributed by atoms with Crippen molar-refractivity contribution < 1.29 is 13.2 Å². The highest BCUT2D eigenvalue weighted by Crippen LogP contribution is 2.22. The predicted octanol–water partition coefficient (Wildman–Crippen LogP) is 3.24. The molecule has 1 atom stereocenters. The first-order valence-corrected chi connectivity index (χ1v) is 6.15. The van der Waals surface area contributed by atoms with E-state index in [1.807, 2.05) is 0 Å². The van der Waals surface area contributed by atoms with Crippen molar-refractivity contribution in [1.29, 1.82) is 0 Å². The molecule has 0 heterocycles. The van der Waals surface area contributed by atoms with Crippen LogP contribution in [-0.4, -0.2) is 13.6 Å². The smallest absolute Gasteiger partial charge is 0.146 e. The standard InChI is InChI=1S/C15H15F3N2/c1-20(15-5-3-2-4-13(15)18)9-14(19)11-8-10(16)6-7-12(11)17/h2-8,14H,9,19H2,1H3. The van der Waals surface area contributed by atoms with Crippen molar-refractivity contribution in [2.75, 3.05) is 18.5 Å². The Hall–Kier alpha value is -2.01. The van der Waals surface area contributed by atoms with E-state index in [1.54, 1.807) is 30.1 Å². The van der Waals surface area contributed by atoms with Gasteiger partial charge < -0.3 is 10.6 Å². The first kappa shape index (κ1) is 14.4. The van der Waals surface area contributed by atoms with Gasteiger partial charge in [0.25, 0.3) is 0 Å². The Balaban J connectivity index is 2.17. The third kappa shape index (κ3) is 3.11. The summed E-state index contributed by atoms with van der Waals surface area (Å²) in [5.74, 6) is -1.51. The lowest BCUT2D eigenvalue weighted by molar-refractivity contribution is 0.558. The molecule has 0 aromatic heterocycles. The lowest BCUT2D eigenvalue weighted by atomic mass is 10.1. The first-order valence-electron chi connectivity index (χ1n) is 6.15. The highest BCUT2D eigenvalue weighted by Gasteiger charge is 2.16. The molecule has 20 heavy (non-hydrogen) atoms. The summed E-state index contributed by atoms with van der Waals surface area (Å²) in [5.41, 5.74) is 6.32. The van der Waals surface area contributed by atoms with E-state index in [9.17, 15) is 13.2 Å². The molecule has 0 saturated heterocycles. The number of para-hydroxylation sites is 1. The largest absolute Gasteiger partial charge is 0.370 e. The number of anilines is 1. The number of hydrogen-bond acceptors (Lipinski definition) is 2. The van der Waals surface area contributed by atoms with Crippen LogP contribution in [0.15, 0.2) is 42.5 Å². The Kier molecular flexibility index (Phi) is 4.29. The molecule has 0 fully saturated rings. The molecule has 0 aliphatic rings. The molecule has 0 saturated carbocycles. The number of nitrogens with zero attached hydrogens (tertiary/aromatic N) is 1. The van der Waals surface area contributed by atoms with Gasteiger partial charge in [0.15, 0.2) is 0 Å². The molecular formula is C15H15F3N2. The monoisotopic (exact) mass is 280 g/mol. The quantitative estimate of drug-likeness (QED) is 0.931. The number of rotatable bonds is 4. The van der Waals surface area contributed by atoms with Crippen LogP contribution in [0.25, 0.3) is 0 Å². The van der Waals surface area contributed by atoms with Gasteiger partial charge in [0.05, 0.1) is 11.7 Å². The van der Waals surface area contributed by atoms with E-state index in [0.29, 0.717) is 5.69 Å². The van der Waals surface area contributed by atoms with Crippen LogP contribution >= 0.6 is 0 Å². The second-order valence-corrected chi connectivity index (χ2v) is 4.60. The van der Waals surface area contributed by atoms with E-state index in [4.69, 9.17) is 5.73 Å². The molecule has 2 aromatic rings. The van der Waals surface area contributed by atoms with Crippen LogP contribution in [0.2, 0.25) is 0 Å². The van der Waals surface area contributed by atoms with Gasteiger partial charge in [-0.15, -0.1) is 0 Å². The van der Waals surface area contributed by atoms with Gasteiger partial charge in [-0.05, 0) is 30.3 Å². The molecular weight excluding hydrogens is 265 g/mol. The highest BCUT2D eigenvalue weighted by molar-refractivity contribution is 5.47. The van der Waals surface area contributed by atoms with Gasteiger partial charge in [0.1, 0.15) is 17.5 Å². The summed E-state index contributed by atoms with van der Waals surface area (Å²) >= 11 is 0. The van der Waals surface area contributed by atoms with Gasteiger partial charge >= 0.3 is 0 Å². The maximum atomic E-state index is 13.6. The summed E-state index contributed by atoms with van der Waals surface area (Å²) in [5, 5.41) is 0. The molecule has 0 bridgehead atoms. The van der Waals surface area contributed by atoms with Crippen LogP contribution in [0, 0.1) is 17.5 Å². The molecule has 2 N–H and O–H groups in total. The zero-order chi connectivity index (χ0) is 14.7. The van der Waals surface area contributed by atoms with E-state index in [1.165, 1.54) is 6.07 Å². The van der Waals surface area contributed by atoms with E-state index in [0.717, 1.165) is 18.2 Å². The predicted molar refractivity (Wildman–Crippen MR) is 73.0 cm³/mol. The summed E-state index contributed by atoms with van der Waals surface area (Å²) < 4.78 is 40.4. The van der Waals surface area contributed by atoms with Crippen molar-refractivity contribution >= 4 is 5.69 Å². The molecule has 2 nitrogen and oxygen atoms in total. The maximum absolute atomic E-state index is 13.6. The minimum atomic E-state index is -0.754. The van der Waals surface area contributed by atoms with Crippen molar-refractivity contribution in [3.05, 3.63) is 65.5 Å². The summed E-state index contributed by atoms with van der Waals surface area (Å²) in [7, 11) is 1.65. The maximum Gasteiger partial charge on any atom is 0.146 e. The van der Waals surface area contributed by atoms with Crippen molar-refractivity contribution in [1.82, 2.24) is 0 Å². The molecule has 0 spiro atoms. The Bertz CT molecular complexity index is 601. The van der Waals surface area contributed by atoms with Crippen LogP contribution in [-0.2, 0) is 0 Å². The van der Waals surface area contributed by atoms with Crippen LogP contribution < -0.4 is 10.6 Å². The molecule has 0 aliphatic heterocycles. The molecule has 0 radical (unpaired) electrons. The zero-order valence-electron chi connectivity index (χ0n) is 11.0. The van der Waals surface area contributed by atoms with Crippen LogP contribution in [0.5, 0.6) is 0 Å². The van der Waals surface area contributed by atoms with Crippen molar-refractivity contribution in [2.24, 2.45) is 5.73 Å². The molecule has 2 aromatic carbocycles. The topological polar surface area (TPSA) is 29.3 Å². The average Bonchev–Trinajstić information content (AvgIpc) is 2.41. The summed E-state index contributed by atoms with van der Waals surface area (Å²) in [6.07, 6.45) is 0. The SMILES string of the molecule is CN(CC(N)c1cc(F)ccc1F)c1ccccc1F. The van der Waals surface area contributed by atoms with Gasteiger partial charge in [-0.25, -0.2) is 13.2 Å².